The van der Waals surface area contributed by atoms with Gasteiger partial charge in [0, 0.05) is 18.8 Å². The molecule has 0 aliphatic rings. The van der Waals surface area contributed by atoms with Gasteiger partial charge in [-0.05, 0) is 61.0 Å². The number of sulfonamides is 1. The number of nitrogens with one attached hydrogen (secondary N) is 1. The third-order valence-corrected chi connectivity index (χ3v) is 7.72. The van der Waals surface area contributed by atoms with Gasteiger partial charge in [0.25, 0.3) is 0 Å². The average Bonchev–Trinajstić information content (AvgIpc) is 3.18. The Bertz CT molecular complexity index is 1460. The number of halogens is 3. The maximum Gasteiger partial charge on any atom is 0.406 e. The highest BCUT2D eigenvalue weighted by Gasteiger charge is 2.43. The molecule has 0 aliphatic heterocycles. The second-order valence-corrected chi connectivity index (χ2v) is 10.6. The highest BCUT2D eigenvalue weighted by atomic mass is 32.2. The molecular formula is C27H27F3N2O3S. The van der Waals surface area contributed by atoms with Gasteiger partial charge < -0.3 is 9.30 Å². The van der Waals surface area contributed by atoms with Gasteiger partial charge >= 0.3 is 6.18 Å². The van der Waals surface area contributed by atoms with Crippen LogP contribution in [0.5, 0.6) is 5.75 Å². The zero-order chi connectivity index (χ0) is 26.1. The van der Waals surface area contributed by atoms with Crippen LogP contribution in [-0.2, 0) is 23.2 Å². The van der Waals surface area contributed by atoms with Crippen molar-refractivity contribution in [1.82, 2.24) is 9.29 Å². The lowest BCUT2D eigenvalue weighted by atomic mass is 10.1. The molecule has 0 aliphatic carbocycles. The molecule has 1 aromatic heterocycles. The van der Waals surface area contributed by atoms with E-state index in [1.54, 1.807) is 57.2 Å². The first kappa shape index (κ1) is 25.8. The molecule has 0 spiro atoms. The van der Waals surface area contributed by atoms with Crippen LogP contribution in [0.4, 0.5) is 13.2 Å². The average molecular weight is 517 g/mol. The first-order chi connectivity index (χ1) is 16.9. The molecule has 1 heterocycles. The van der Waals surface area contributed by atoms with Crippen molar-refractivity contribution in [2.75, 3.05) is 0 Å². The fourth-order valence-electron chi connectivity index (χ4n) is 4.39. The Labute approximate surface area is 208 Å². The quantitative estimate of drug-likeness (QED) is 0.310. The van der Waals surface area contributed by atoms with E-state index >= 15 is 0 Å². The second kappa shape index (κ2) is 9.99. The molecule has 3 aromatic carbocycles. The summed E-state index contributed by atoms with van der Waals surface area (Å²) in [7, 11) is -4.43. The molecule has 5 nitrogen and oxygen atoms in total. The van der Waals surface area contributed by atoms with Crippen molar-refractivity contribution < 1.29 is 26.3 Å². The van der Waals surface area contributed by atoms with Crippen LogP contribution in [0.1, 0.15) is 22.3 Å². The SMILES string of the molecule is Cc1cc(C)c(S(=O)(=O)NC(Cn2ccc3ccc(OCc4ccccc4)cc32)C(F)(F)F)c(C)c1. The van der Waals surface area contributed by atoms with E-state index in [9.17, 15) is 21.6 Å². The zero-order valence-corrected chi connectivity index (χ0v) is 21.0. The lowest BCUT2D eigenvalue weighted by molar-refractivity contribution is -0.154. The molecule has 9 heteroatoms. The highest BCUT2D eigenvalue weighted by molar-refractivity contribution is 7.89. The minimum absolute atomic E-state index is 0.128. The van der Waals surface area contributed by atoms with E-state index in [1.165, 1.54) is 10.8 Å². The third-order valence-electron chi connectivity index (χ3n) is 5.94. The fraction of sp³-hybridized carbons (Fsp3) is 0.259. The normalized spacial score (nSPS) is 13.2. The zero-order valence-electron chi connectivity index (χ0n) is 20.1. The van der Waals surface area contributed by atoms with Gasteiger partial charge in [0.05, 0.1) is 10.4 Å². The Morgan fingerprint density at radius 3 is 2.25 bits per heavy atom. The van der Waals surface area contributed by atoms with Crippen molar-refractivity contribution in [3.63, 3.8) is 0 Å². The van der Waals surface area contributed by atoms with Crippen LogP contribution in [0.15, 0.2) is 77.8 Å². The third kappa shape index (κ3) is 5.74. The largest absolute Gasteiger partial charge is 0.489 e. The van der Waals surface area contributed by atoms with Gasteiger partial charge in [-0.3, -0.25) is 0 Å². The molecule has 0 radical (unpaired) electrons. The molecule has 1 unspecified atom stereocenters. The van der Waals surface area contributed by atoms with Crippen molar-refractivity contribution in [3.05, 3.63) is 95.2 Å². The number of fused-ring (bicyclic) bond motifs is 1. The van der Waals surface area contributed by atoms with Crippen LogP contribution < -0.4 is 9.46 Å². The lowest BCUT2D eigenvalue weighted by Gasteiger charge is -2.24. The summed E-state index contributed by atoms with van der Waals surface area (Å²) in [5, 5.41) is 0.719. The molecule has 0 bridgehead atoms. The maximum absolute atomic E-state index is 14.0. The molecule has 36 heavy (non-hydrogen) atoms. The van der Waals surface area contributed by atoms with Gasteiger partial charge in [0.15, 0.2) is 0 Å². The van der Waals surface area contributed by atoms with E-state index in [4.69, 9.17) is 4.74 Å². The standard InChI is InChI=1S/C27H27F3N2O3S/c1-18-13-19(2)26(20(3)14-18)36(33,34)31-25(27(28,29)30)16-32-12-11-22-9-10-23(15-24(22)32)35-17-21-7-5-4-6-8-21/h4-15,25,31H,16-17H2,1-3H3. The summed E-state index contributed by atoms with van der Waals surface area (Å²) in [6.07, 6.45) is -3.29. The molecule has 0 amide bonds. The number of aryl methyl sites for hydroxylation is 3. The predicted octanol–water partition coefficient (Wildman–Crippen LogP) is 6.05. The summed E-state index contributed by atoms with van der Waals surface area (Å²) in [6.45, 7) is 4.64. The van der Waals surface area contributed by atoms with Gasteiger partial charge in [-0.2, -0.15) is 17.9 Å². The second-order valence-electron chi connectivity index (χ2n) is 8.91. The fourth-order valence-corrected chi connectivity index (χ4v) is 6.06. The maximum atomic E-state index is 14.0. The van der Waals surface area contributed by atoms with Crippen molar-refractivity contribution in [3.8, 4) is 5.75 Å². The summed E-state index contributed by atoms with van der Waals surface area (Å²) in [4.78, 5) is -0.128. The topological polar surface area (TPSA) is 60.3 Å². The number of hydrogen-bond donors (Lipinski definition) is 1. The molecule has 4 aromatic rings. The van der Waals surface area contributed by atoms with Crippen LogP contribution in [0.2, 0.25) is 0 Å². The van der Waals surface area contributed by atoms with Crippen LogP contribution in [-0.4, -0.2) is 25.2 Å². The number of nitrogens with zero attached hydrogens (tertiary/aromatic N) is 1. The van der Waals surface area contributed by atoms with Gasteiger partial charge in [-0.25, -0.2) is 8.42 Å². The van der Waals surface area contributed by atoms with E-state index < -0.39 is 28.8 Å². The summed E-state index contributed by atoms with van der Waals surface area (Å²) < 4.78 is 77.4. The Hall–Kier alpha value is -3.30. The summed E-state index contributed by atoms with van der Waals surface area (Å²) in [5.41, 5.74) is 3.10. The lowest BCUT2D eigenvalue weighted by Crippen LogP contribution is -2.48. The summed E-state index contributed by atoms with van der Waals surface area (Å²) >= 11 is 0. The van der Waals surface area contributed by atoms with E-state index in [0.717, 1.165) is 16.5 Å². The van der Waals surface area contributed by atoms with Gasteiger partial charge in [-0.15, -0.1) is 0 Å². The Kier molecular flexibility index (Phi) is 7.15. The first-order valence-corrected chi connectivity index (χ1v) is 12.8. The smallest absolute Gasteiger partial charge is 0.406 e. The molecule has 0 saturated carbocycles. The van der Waals surface area contributed by atoms with Crippen LogP contribution in [0, 0.1) is 20.8 Å². The minimum atomic E-state index is -4.81. The van der Waals surface area contributed by atoms with Gasteiger partial charge in [0.2, 0.25) is 10.0 Å². The Morgan fingerprint density at radius 1 is 0.944 bits per heavy atom. The molecule has 1 N–H and O–H groups in total. The molecule has 190 valence electrons. The molecule has 4 rings (SSSR count). The molecule has 0 fully saturated rings. The highest BCUT2D eigenvalue weighted by Crippen LogP contribution is 2.29. The van der Waals surface area contributed by atoms with Crippen molar-refractivity contribution in [1.29, 1.82) is 0 Å². The number of hydrogen-bond acceptors (Lipinski definition) is 3. The molecule has 0 saturated heterocycles. The van der Waals surface area contributed by atoms with E-state index in [-0.39, 0.29) is 4.90 Å². The number of ether oxygens (including phenoxy) is 1. The predicted molar refractivity (Wildman–Crippen MR) is 134 cm³/mol. The van der Waals surface area contributed by atoms with Crippen LogP contribution in [0.3, 0.4) is 0 Å². The number of benzene rings is 3. The number of aromatic nitrogens is 1. The van der Waals surface area contributed by atoms with E-state index in [1.807, 2.05) is 35.1 Å². The van der Waals surface area contributed by atoms with Crippen molar-refractivity contribution in [2.24, 2.45) is 0 Å². The Balaban J connectivity index is 1.61. The number of alkyl halides is 3. The van der Waals surface area contributed by atoms with Crippen molar-refractivity contribution >= 4 is 20.9 Å². The monoisotopic (exact) mass is 516 g/mol. The van der Waals surface area contributed by atoms with Gasteiger partial charge in [0.1, 0.15) is 18.4 Å². The van der Waals surface area contributed by atoms with E-state index in [2.05, 4.69) is 0 Å². The summed E-state index contributed by atoms with van der Waals surface area (Å²) in [6, 6.07) is 17.3. The minimum Gasteiger partial charge on any atom is -0.489 e. The Morgan fingerprint density at radius 2 is 1.61 bits per heavy atom. The van der Waals surface area contributed by atoms with Gasteiger partial charge in [-0.1, -0.05) is 48.0 Å². The molecule has 1 atom stereocenters. The van der Waals surface area contributed by atoms with E-state index in [0.29, 0.717) is 29.0 Å². The van der Waals surface area contributed by atoms with Crippen LogP contribution >= 0.6 is 0 Å². The number of rotatable bonds is 8. The summed E-state index contributed by atoms with van der Waals surface area (Å²) in [5.74, 6) is 0.501. The van der Waals surface area contributed by atoms with Crippen molar-refractivity contribution in [2.45, 2.75) is 51.0 Å². The first-order valence-electron chi connectivity index (χ1n) is 11.4. The molecular weight excluding hydrogens is 489 g/mol. The van der Waals surface area contributed by atoms with Crippen LogP contribution in [0.25, 0.3) is 10.9 Å².